The Kier molecular flexibility index (Phi) is 9.24. The van der Waals surface area contributed by atoms with Crippen molar-refractivity contribution in [1.29, 1.82) is 0 Å². The van der Waals surface area contributed by atoms with Gasteiger partial charge in [-0.25, -0.2) is 22.5 Å². The van der Waals surface area contributed by atoms with Crippen LogP contribution in [0.2, 0.25) is 10.0 Å². The maximum atomic E-state index is 14.2. The van der Waals surface area contributed by atoms with Crippen molar-refractivity contribution < 1.29 is 27.1 Å². The molecule has 1 atom stereocenters. The number of sulfonamides is 1. The van der Waals surface area contributed by atoms with Crippen LogP contribution >= 0.6 is 23.2 Å². The van der Waals surface area contributed by atoms with Gasteiger partial charge < -0.3 is 10.1 Å². The van der Waals surface area contributed by atoms with E-state index in [0.29, 0.717) is 33.3 Å². The lowest BCUT2D eigenvalue weighted by Crippen LogP contribution is -2.38. The van der Waals surface area contributed by atoms with Crippen molar-refractivity contribution in [3.63, 3.8) is 0 Å². The fourth-order valence-corrected chi connectivity index (χ4v) is 5.41. The topological polar surface area (TPSA) is 114 Å². The van der Waals surface area contributed by atoms with E-state index in [9.17, 15) is 22.4 Å². The summed E-state index contributed by atoms with van der Waals surface area (Å²) < 4.78 is 47.7. The van der Waals surface area contributed by atoms with Crippen molar-refractivity contribution in [3.8, 4) is 5.75 Å². The smallest absolute Gasteiger partial charge is 0.283 e. The molecule has 0 saturated carbocycles. The molecule has 0 saturated heterocycles. The number of carbonyl (C=O) groups excluding carboxylic acids is 2. The summed E-state index contributed by atoms with van der Waals surface area (Å²) in [5.74, 6) is -1.21. The van der Waals surface area contributed by atoms with E-state index in [1.165, 1.54) is 37.3 Å². The third-order valence-electron chi connectivity index (χ3n) is 5.85. The van der Waals surface area contributed by atoms with Crippen LogP contribution in [0.25, 0.3) is 0 Å². The van der Waals surface area contributed by atoms with Crippen LogP contribution in [0, 0.1) is 5.82 Å². The van der Waals surface area contributed by atoms with Crippen molar-refractivity contribution in [3.05, 3.63) is 117 Å². The molecule has 2 N–H and O–H groups in total. The summed E-state index contributed by atoms with van der Waals surface area (Å²) in [6.07, 6.45) is 4.74. The van der Waals surface area contributed by atoms with Gasteiger partial charge in [-0.1, -0.05) is 47.5 Å². The van der Waals surface area contributed by atoms with E-state index in [-0.39, 0.29) is 36.1 Å². The maximum absolute atomic E-state index is 14.2. The summed E-state index contributed by atoms with van der Waals surface area (Å²) in [4.78, 5) is 28.3. The first-order chi connectivity index (χ1) is 19.0. The first kappa shape index (κ1) is 29.3. The lowest BCUT2D eigenvalue weighted by molar-refractivity contribution is -0.118. The third kappa shape index (κ3) is 7.68. The van der Waals surface area contributed by atoms with Crippen molar-refractivity contribution in [2.45, 2.75) is 31.6 Å². The fourth-order valence-electron chi connectivity index (χ4n) is 3.90. The molecular weight excluding hydrogens is 580 g/mol. The van der Waals surface area contributed by atoms with Gasteiger partial charge in [0.2, 0.25) is 15.9 Å². The monoisotopic (exact) mass is 603 g/mol. The molecule has 1 aliphatic carbocycles. The van der Waals surface area contributed by atoms with Crippen LogP contribution in [0.15, 0.2) is 78.5 Å². The molecule has 2 aromatic carbocycles. The van der Waals surface area contributed by atoms with E-state index in [1.54, 1.807) is 42.5 Å². The second-order valence-electron chi connectivity index (χ2n) is 8.92. The van der Waals surface area contributed by atoms with Gasteiger partial charge in [-0.05, 0) is 55.0 Å². The molecule has 0 radical (unpaired) electrons. The number of nitrogens with zero attached hydrogens (tertiary/aromatic N) is 1. The van der Waals surface area contributed by atoms with E-state index < -0.39 is 27.0 Å². The number of ether oxygens (including phenoxy) is 1. The highest BCUT2D eigenvalue weighted by atomic mass is 35.5. The number of halogens is 3. The Labute approximate surface area is 240 Å². The Hall–Kier alpha value is -3.73. The highest BCUT2D eigenvalue weighted by Crippen LogP contribution is 2.27. The summed E-state index contributed by atoms with van der Waals surface area (Å²) in [5.41, 5.74) is 1.80. The van der Waals surface area contributed by atoms with Crippen LogP contribution in [0.5, 0.6) is 5.75 Å². The number of benzene rings is 2. The van der Waals surface area contributed by atoms with Crippen LogP contribution in [-0.4, -0.2) is 30.5 Å². The number of carbonyl (C=O) groups is 2. The number of hydrogen-bond donors (Lipinski definition) is 2. The molecule has 1 aliphatic rings. The summed E-state index contributed by atoms with van der Waals surface area (Å²) in [6.45, 7) is 1.30. The number of allylic oxidation sites excluding steroid dienone is 2. The number of pyridine rings is 1. The van der Waals surface area contributed by atoms with Crippen LogP contribution in [-0.2, 0) is 27.8 Å². The van der Waals surface area contributed by atoms with E-state index in [0.717, 1.165) is 0 Å². The Morgan fingerprint density at radius 1 is 1.07 bits per heavy atom. The zero-order valence-corrected chi connectivity index (χ0v) is 23.5. The van der Waals surface area contributed by atoms with Crippen molar-refractivity contribution in [1.82, 2.24) is 15.0 Å². The largest absolute Gasteiger partial charge is 0.489 e. The minimum Gasteiger partial charge on any atom is -0.489 e. The summed E-state index contributed by atoms with van der Waals surface area (Å²) in [5, 5.41) is 2.31. The first-order valence-electron chi connectivity index (χ1n) is 12.0. The minimum atomic E-state index is -4.07. The summed E-state index contributed by atoms with van der Waals surface area (Å²) in [7, 11) is -4.07. The van der Waals surface area contributed by atoms with Crippen LogP contribution in [0.3, 0.4) is 0 Å². The molecule has 3 aromatic rings. The first-order valence-corrected chi connectivity index (χ1v) is 14.3. The molecule has 1 heterocycles. The second-order valence-corrected chi connectivity index (χ2v) is 11.7. The summed E-state index contributed by atoms with van der Waals surface area (Å²) in [6, 6.07) is 13.9. The van der Waals surface area contributed by atoms with Crippen LogP contribution in [0.1, 0.15) is 40.7 Å². The molecule has 4 rings (SSSR count). The highest BCUT2D eigenvalue weighted by molar-refractivity contribution is 7.90. The number of nitrogens with one attached hydrogen (secondary N) is 2. The van der Waals surface area contributed by atoms with E-state index in [4.69, 9.17) is 27.9 Å². The maximum Gasteiger partial charge on any atom is 0.283 e. The molecule has 208 valence electrons. The fraction of sp³-hybridized carbons (Fsp3) is 0.179. The van der Waals surface area contributed by atoms with Crippen LogP contribution < -0.4 is 14.8 Å². The molecule has 0 bridgehead atoms. The van der Waals surface area contributed by atoms with E-state index >= 15 is 0 Å². The Morgan fingerprint density at radius 3 is 2.52 bits per heavy atom. The standard InChI is InChI=1S/C28H24Cl2FN3O5S/c1-17(35)32-22-8-10-24(11-9-22)40(37,38)34-28(36)26-4-2-3-23(33-26)14-19-13-20(29)7-12-27(19)39-16-18-5-6-21(30)15-25(18)31/h2-10,12-13,15,24H,11,14,16H2,1H3,(H,32,35)(H,34,36). The molecule has 2 amide bonds. The van der Waals surface area contributed by atoms with Crippen LogP contribution in [0.4, 0.5) is 4.39 Å². The van der Waals surface area contributed by atoms with Gasteiger partial charge in [-0.3, -0.25) is 9.59 Å². The van der Waals surface area contributed by atoms with Gasteiger partial charge in [0.25, 0.3) is 5.91 Å². The normalized spacial score (nSPS) is 14.8. The Bertz CT molecular complexity index is 1630. The van der Waals surface area contributed by atoms with Crippen molar-refractivity contribution >= 4 is 45.0 Å². The predicted molar refractivity (Wildman–Crippen MR) is 150 cm³/mol. The average molecular weight is 604 g/mol. The van der Waals surface area contributed by atoms with Gasteiger partial charge >= 0.3 is 0 Å². The van der Waals surface area contributed by atoms with E-state index in [1.807, 2.05) is 0 Å². The number of rotatable bonds is 9. The van der Waals surface area contributed by atoms with Gasteiger partial charge in [-0.2, -0.15) is 0 Å². The molecule has 0 spiro atoms. The molecule has 0 aliphatic heterocycles. The van der Waals surface area contributed by atoms with Gasteiger partial charge in [0.05, 0.1) is 0 Å². The van der Waals surface area contributed by atoms with Gasteiger partial charge in [0.15, 0.2) is 0 Å². The third-order valence-corrected chi connectivity index (χ3v) is 7.93. The molecular formula is C28H24Cl2FN3O5S. The molecule has 12 heteroatoms. The number of hydrogen-bond acceptors (Lipinski definition) is 6. The predicted octanol–water partition coefficient (Wildman–Crippen LogP) is 5.11. The van der Waals surface area contributed by atoms with Crippen molar-refractivity contribution in [2.24, 2.45) is 0 Å². The Balaban J connectivity index is 1.45. The minimum absolute atomic E-state index is 0.0531. The lowest BCUT2D eigenvalue weighted by atomic mass is 10.1. The quantitative estimate of drug-likeness (QED) is 0.351. The van der Waals surface area contributed by atoms with Gasteiger partial charge in [-0.15, -0.1) is 0 Å². The zero-order chi connectivity index (χ0) is 28.9. The second kappa shape index (κ2) is 12.6. The molecule has 8 nitrogen and oxygen atoms in total. The molecule has 40 heavy (non-hydrogen) atoms. The summed E-state index contributed by atoms with van der Waals surface area (Å²) >= 11 is 12.0. The lowest BCUT2D eigenvalue weighted by Gasteiger charge is -2.17. The van der Waals surface area contributed by atoms with E-state index in [2.05, 4.69) is 15.0 Å². The highest BCUT2D eigenvalue weighted by Gasteiger charge is 2.27. The van der Waals surface area contributed by atoms with Gasteiger partial charge in [0, 0.05) is 45.9 Å². The molecule has 1 unspecified atom stereocenters. The Morgan fingerprint density at radius 2 is 1.82 bits per heavy atom. The van der Waals surface area contributed by atoms with Gasteiger partial charge in [0.1, 0.15) is 29.1 Å². The average Bonchev–Trinajstić information content (AvgIpc) is 2.89. The van der Waals surface area contributed by atoms with Crippen molar-refractivity contribution in [2.75, 3.05) is 0 Å². The molecule has 1 aromatic heterocycles. The SMILES string of the molecule is CC(=O)NC1=CCC(S(=O)(=O)NC(=O)c2cccc(Cc3cc(Cl)ccc3OCc3ccc(Cl)cc3F)n2)C=C1. The zero-order valence-electron chi connectivity index (χ0n) is 21.2. The number of aromatic nitrogens is 1. The number of amides is 2. The molecule has 0 fully saturated rings.